The first-order valence-electron chi connectivity index (χ1n) is 6.95. The predicted octanol–water partition coefficient (Wildman–Crippen LogP) is 2.35. The molecule has 1 aliphatic rings. The van der Waals surface area contributed by atoms with Gasteiger partial charge in [0.2, 0.25) is 0 Å². The molecular formula is C16H20N2O. The molecule has 2 aromatic rings. The molecule has 1 aromatic heterocycles. The Hall–Kier alpha value is -1.58. The third-order valence-electron chi connectivity index (χ3n) is 3.97. The molecule has 0 amide bonds. The number of aliphatic hydroxyl groups is 1. The van der Waals surface area contributed by atoms with E-state index in [2.05, 4.69) is 41.1 Å². The van der Waals surface area contributed by atoms with Crippen molar-refractivity contribution in [2.75, 3.05) is 6.61 Å². The minimum absolute atomic E-state index is 0.193. The van der Waals surface area contributed by atoms with Crippen molar-refractivity contribution < 1.29 is 5.11 Å². The van der Waals surface area contributed by atoms with Crippen LogP contribution in [-0.2, 0) is 12.8 Å². The molecule has 1 heterocycles. The maximum atomic E-state index is 8.94. The Labute approximate surface area is 113 Å². The van der Waals surface area contributed by atoms with E-state index in [0.717, 1.165) is 19.3 Å². The maximum Gasteiger partial charge on any atom is 0.0471 e. The Kier molecular flexibility index (Phi) is 3.40. The first-order valence-corrected chi connectivity index (χ1v) is 6.95. The molecule has 100 valence electrons. The largest absolute Gasteiger partial charge is 0.396 e. The smallest absolute Gasteiger partial charge is 0.0471 e. The van der Waals surface area contributed by atoms with Gasteiger partial charge in [-0.1, -0.05) is 12.1 Å². The number of hydrogen-bond acceptors (Lipinski definition) is 2. The van der Waals surface area contributed by atoms with Crippen LogP contribution in [0.15, 0.2) is 36.5 Å². The lowest BCUT2D eigenvalue weighted by Crippen LogP contribution is -2.17. The van der Waals surface area contributed by atoms with Crippen LogP contribution in [0.25, 0.3) is 5.69 Å². The first-order chi connectivity index (χ1) is 9.29. The summed E-state index contributed by atoms with van der Waals surface area (Å²) in [7, 11) is 0. The summed E-state index contributed by atoms with van der Waals surface area (Å²) in [4.78, 5) is 0. The molecule has 0 saturated carbocycles. The number of aliphatic hydroxyl groups excluding tert-OH is 1. The summed E-state index contributed by atoms with van der Waals surface area (Å²) in [5.41, 5.74) is 11.2. The Balaban J connectivity index is 1.94. The molecule has 0 spiro atoms. The molecule has 1 unspecified atom stereocenters. The summed E-state index contributed by atoms with van der Waals surface area (Å²) in [6.45, 7) is 0.202. The van der Waals surface area contributed by atoms with Gasteiger partial charge in [-0.15, -0.1) is 0 Å². The third kappa shape index (κ3) is 2.31. The van der Waals surface area contributed by atoms with E-state index in [0.29, 0.717) is 0 Å². The van der Waals surface area contributed by atoms with Gasteiger partial charge in [0.05, 0.1) is 0 Å². The lowest BCUT2D eigenvalue weighted by atomic mass is 9.93. The number of rotatable bonds is 3. The molecule has 3 rings (SSSR count). The first kappa shape index (κ1) is 12.5. The van der Waals surface area contributed by atoms with Crippen molar-refractivity contribution in [3.63, 3.8) is 0 Å². The third-order valence-corrected chi connectivity index (χ3v) is 3.97. The Bertz CT molecular complexity index is 557. The number of hydrogen-bond donors (Lipinski definition) is 2. The minimum atomic E-state index is 0.193. The summed E-state index contributed by atoms with van der Waals surface area (Å²) in [6, 6.07) is 10.7. The molecule has 3 N–H and O–H groups in total. The molecule has 0 saturated heterocycles. The SMILES string of the molecule is NC1CCCc2c1ccn2-c1ccc(CCO)cc1. The second-order valence-corrected chi connectivity index (χ2v) is 5.23. The van der Waals surface area contributed by atoms with E-state index < -0.39 is 0 Å². The monoisotopic (exact) mass is 256 g/mol. The van der Waals surface area contributed by atoms with Crippen molar-refractivity contribution in [3.05, 3.63) is 53.3 Å². The van der Waals surface area contributed by atoms with Gasteiger partial charge in [0.15, 0.2) is 0 Å². The summed E-state index contributed by atoms with van der Waals surface area (Å²) < 4.78 is 2.25. The molecular weight excluding hydrogens is 236 g/mol. The standard InChI is InChI=1S/C16H20N2O/c17-15-2-1-3-16-14(15)8-10-18(16)13-6-4-12(5-7-13)9-11-19/h4-8,10,15,19H,1-3,9,11,17H2. The zero-order valence-electron chi connectivity index (χ0n) is 11.0. The quantitative estimate of drug-likeness (QED) is 0.885. The number of fused-ring (bicyclic) bond motifs is 1. The summed E-state index contributed by atoms with van der Waals surface area (Å²) >= 11 is 0. The molecule has 0 aliphatic heterocycles. The number of nitrogens with zero attached hydrogens (tertiary/aromatic N) is 1. The minimum Gasteiger partial charge on any atom is -0.396 e. The van der Waals surface area contributed by atoms with Crippen LogP contribution < -0.4 is 5.73 Å². The van der Waals surface area contributed by atoms with Crippen molar-refractivity contribution >= 4 is 0 Å². The van der Waals surface area contributed by atoms with Gasteiger partial charge in [-0.05, 0) is 55.0 Å². The van der Waals surface area contributed by atoms with Gasteiger partial charge in [0.1, 0.15) is 0 Å². The van der Waals surface area contributed by atoms with Crippen LogP contribution in [0.1, 0.15) is 35.7 Å². The highest BCUT2D eigenvalue weighted by Crippen LogP contribution is 2.30. The van der Waals surface area contributed by atoms with Crippen LogP contribution in [-0.4, -0.2) is 16.3 Å². The van der Waals surface area contributed by atoms with Crippen LogP contribution >= 0.6 is 0 Å². The average molecular weight is 256 g/mol. The van der Waals surface area contributed by atoms with E-state index in [9.17, 15) is 0 Å². The molecule has 1 aromatic carbocycles. The van der Waals surface area contributed by atoms with Crippen LogP contribution in [0.2, 0.25) is 0 Å². The van der Waals surface area contributed by atoms with Crippen molar-refractivity contribution in [1.82, 2.24) is 4.57 Å². The van der Waals surface area contributed by atoms with Crippen molar-refractivity contribution in [2.24, 2.45) is 5.73 Å². The lowest BCUT2D eigenvalue weighted by Gasteiger charge is -2.21. The fourth-order valence-electron chi connectivity index (χ4n) is 2.92. The fraction of sp³-hybridized carbons (Fsp3) is 0.375. The van der Waals surface area contributed by atoms with E-state index in [4.69, 9.17) is 10.8 Å². The number of nitrogens with two attached hydrogens (primary N) is 1. The summed E-state index contributed by atoms with van der Waals surface area (Å²) in [5.74, 6) is 0. The molecule has 19 heavy (non-hydrogen) atoms. The van der Waals surface area contributed by atoms with Crippen LogP contribution in [0, 0.1) is 0 Å². The highest BCUT2D eigenvalue weighted by Gasteiger charge is 2.20. The molecule has 0 radical (unpaired) electrons. The van der Waals surface area contributed by atoms with Crippen molar-refractivity contribution in [2.45, 2.75) is 31.7 Å². The molecule has 0 fully saturated rings. The van der Waals surface area contributed by atoms with E-state index in [-0.39, 0.29) is 12.6 Å². The lowest BCUT2D eigenvalue weighted by molar-refractivity contribution is 0.299. The van der Waals surface area contributed by atoms with Gasteiger partial charge < -0.3 is 15.4 Å². The zero-order chi connectivity index (χ0) is 13.2. The van der Waals surface area contributed by atoms with E-state index in [1.165, 1.54) is 28.9 Å². The second kappa shape index (κ2) is 5.19. The zero-order valence-corrected chi connectivity index (χ0v) is 11.0. The average Bonchev–Trinajstić information content (AvgIpc) is 2.85. The number of aromatic nitrogens is 1. The maximum absolute atomic E-state index is 8.94. The van der Waals surface area contributed by atoms with Gasteiger partial charge in [-0.2, -0.15) is 0 Å². The Morgan fingerprint density at radius 2 is 2.00 bits per heavy atom. The van der Waals surface area contributed by atoms with Crippen LogP contribution in [0.3, 0.4) is 0 Å². The van der Waals surface area contributed by atoms with Crippen LogP contribution in [0.5, 0.6) is 0 Å². The highest BCUT2D eigenvalue weighted by atomic mass is 16.2. The molecule has 3 heteroatoms. The normalized spacial score (nSPS) is 18.3. The van der Waals surface area contributed by atoms with E-state index >= 15 is 0 Å². The van der Waals surface area contributed by atoms with Gasteiger partial charge >= 0.3 is 0 Å². The van der Waals surface area contributed by atoms with Gasteiger partial charge in [0, 0.05) is 30.2 Å². The summed E-state index contributed by atoms with van der Waals surface area (Å²) in [5, 5.41) is 8.94. The fourth-order valence-corrected chi connectivity index (χ4v) is 2.92. The van der Waals surface area contributed by atoms with Crippen LogP contribution in [0.4, 0.5) is 0 Å². The second-order valence-electron chi connectivity index (χ2n) is 5.23. The molecule has 1 aliphatic carbocycles. The van der Waals surface area contributed by atoms with Gasteiger partial charge in [-0.3, -0.25) is 0 Å². The Morgan fingerprint density at radius 1 is 1.21 bits per heavy atom. The number of benzene rings is 1. The predicted molar refractivity (Wildman–Crippen MR) is 76.4 cm³/mol. The van der Waals surface area contributed by atoms with E-state index in [1.54, 1.807) is 0 Å². The van der Waals surface area contributed by atoms with Gasteiger partial charge in [0.25, 0.3) is 0 Å². The van der Waals surface area contributed by atoms with Gasteiger partial charge in [-0.25, -0.2) is 0 Å². The summed E-state index contributed by atoms with van der Waals surface area (Å²) in [6.07, 6.45) is 6.20. The molecule has 0 bridgehead atoms. The highest BCUT2D eigenvalue weighted by molar-refractivity contribution is 5.41. The van der Waals surface area contributed by atoms with E-state index in [1.807, 2.05) is 0 Å². The van der Waals surface area contributed by atoms with Crippen molar-refractivity contribution in [1.29, 1.82) is 0 Å². The Morgan fingerprint density at radius 3 is 2.74 bits per heavy atom. The van der Waals surface area contributed by atoms with Crippen molar-refractivity contribution in [3.8, 4) is 5.69 Å². The molecule has 1 atom stereocenters. The topological polar surface area (TPSA) is 51.2 Å². The molecule has 3 nitrogen and oxygen atoms in total.